The highest BCUT2D eigenvalue weighted by Gasteiger charge is 2.52. The van der Waals surface area contributed by atoms with E-state index in [4.69, 9.17) is 0 Å². The summed E-state index contributed by atoms with van der Waals surface area (Å²) in [6.07, 6.45) is 3.17. The van der Waals surface area contributed by atoms with Gasteiger partial charge in [-0.1, -0.05) is 34.1 Å². The van der Waals surface area contributed by atoms with Crippen molar-refractivity contribution in [2.45, 2.75) is 45.3 Å². The molecule has 1 N–H and O–H groups in total. The minimum Gasteiger partial charge on any atom is -0.395 e. The first kappa shape index (κ1) is 19.6. The lowest BCUT2D eigenvalue weighted by Crippen LogP contribution is -2.33. The Labute approximate surface area is 165 Å². The number of allylic oxidation sites excluding steroid dienone is 5. The average Bonchev–Trinajstić information content (AvgIpc) is 3.35. The molecular formula is C20H20BrF2NO3. The van der Waals surface area contributed by atoms with Crippen molar-refractivity contribution in [3.8, 4) is 11.5 Å². The van der Waals surface area contributed by atoms with Gasteiger partial charge in [0.25, 0.3) is 0 Å². The number of nitrogens with one attached hydrogen (secondary N) is 1. The van der Waals surface area contributed by atoms with E-state index in [9.17, 15) is 13.6 Å². The molecule has 0 radical (unpaired) electrons. The van der Waals surface area contributed by atoms with E-state index in [1.807, 2.05) is 39.0 Å². The van der Waals surface area contributed by atoms with Crippen molar-refractivity contribution in [3.63, 3.8) is 0 Å². The average molecular weight is 440 g/mol. The SMILES string of the molecule is C/C=C(/C=C\C(C)=C(/C)Br)NC(=O)C1(c2ccc3c(c2)OC(F)(F)O3)CC1. The maximum absolute atomic E-state index is 13.2. The number of hydrogen-bond acceptors (Lipinski definition) is 3. The smallest absolute Gasteiger partial charge is 0.395 e. The van der Waals surface area contributed by atoms with E-state index in [0.717, 1.165) is 10.1 Å². The molecule has 1 aromatic rings. The van der Waals surface area contributed by atoms with Crippen LogP contribution in [0.25, 0.3) is 0 Å². The van der Waals surface area contributed by atoms with Crippen LogP contribution in [0.2, 0.25) is 0 Å². The van der Waals surface area contributed by atoms with E-state index in [1.54, 1.807) is 6.07 Å². The topological polar surface area (TPSA) is 47.6 Å². The van der Waals surface area contributed by atoms with E-state index < -0.39 is 11.7 Å². The Hall–Kier alpha value is -2.15. The molecule has 0 bridgehead atoms. The zero-order chi connectivity index (χ0) is 19.8. The zero-order valence-electron chi connectivity index (χ0n) is 15.2. The summed E-state index contributed by atoms with van der Waals surface area (Å²) in [5.41, 5.74) is 1.63. The summed E-state index contributed by atoms with van der Waals surface area (Å²) in [5.74, 6) is -0.233. The van der Waals surface area contributed by atoms with Crippen molar-refractivity contribution in [3.05, 3.63) is 57.7 Å². The molecule has 1 aliphatic carbocycles. The minimum atomic E-state index is -3.66. The Bertz CT molecular complexity index is 866. The maximum Gasteiger partial charge on any atom is 0.586 e. The monoisotopic (exact) mass is 439 g/mol. The lowest BCUT2D eigenvalue weighted by molar-refractivity contribution is -0.286. The van der Waals surface area contributed by atoms with Gasteiger partial charge in [-0.2, -0.15) is 0 Å². The maximum atomic E-state index is 13.2. The van der Waals surface area contributed by atoms with Crippen molar-refractivity contribution in [2.24, 2.45) is 0 Å². The fourth-order valence-corrected chi connectivity index (χ4v) is 2.94. The molecule has 1 aromatic carbocycles. The zero-order valence-corrected chi connectivity index (χ0v) is 16.8. The number of hydrogen-bond donors (Lipinski definition) is 1. The Balaban J connectivity index is 1.77. The number of alkyl halides is 2. The van der Waals surface area contributed by atoms with Gasteiger partial charge in [-0.15, -0.1) is 8.78 Å². The van der Waals surface area contributed by atoms with Crippen LogP contribution >= 0.6 is 15.9 Å². The molecule has 0 atom stereocenters. The molecule has 1 saturated carbocycles. The molecule has 0 spiro atoms. The van der Waals surface area contributed by atoms with Crippen molar-refractivity contribution < 1.29 is 23.0 Å². The second-order valence-corrected chi connectivity index (χ2v) is 7.85. The van der Waals surface area contributed by atoms with Crippen LogP contribution in [0.15, 0.2) is 52.2 Å². The van der Waals surface area contributed by atoms with E-state index >= 15 is 0 Å². The van der Waals surface area contributed by atoms with Crippen molar-refractivity contribution in [1.29, 1.82) is 0 Å². The van der Waals surface area contributed by atoms with Gasteiger partial charge in [-0.25, -0.2) is 0 Å². The highest BCUT2D eigenvalue weighted by Crippen LogP contribution is 2.51. The second-order valence-electron chi connectivity index (χ2n) is 6.66. The van der Waals surface area contributed by atoms with Gasteiger partial charge >= 0.3 is 6.29 Å². The number of carbonyl (C=O) groups is 1. The molecule has 2 aliphatic rings. The van der Waals surface area contributed by atoms with E-state index in [1.165, 1.54) is 12.1 Å². The number of halogens is 3. The molecule has 0 unspecified atom stereocenters. The van der Waals surface area contributed by atoms with E-state index in [0.29, 0.717) is 24.1 Å². The third-order valence-corrected chi connectivity index (χ3v) is 5.39. The Morgan fingerprint density at radius 2 is 1.85 bits per heavy atom. The summed E-state index contributed by atoms with van der Waals surface area (Å²) < 4.78 is 36.4. The van der Waals surface area contributed by atoms with Crippen molar-refractivity contribution in [1.82, 2.24) is 5.32 Å². The summed E-state index contributed by atoms with van der Waals surface area (Å²) >= 11 is 3.41. The molecule has 144 valence electrons. The predicted molar refractivity (Wildman–Crippen MR) is 102 cm³/mol. The Kier molecular flexibility index (Phi) is 5.16. The summed E-state index contributed by atoms with van der Waals surface area (Å²) in [5, 5.41) is 2.92. The van der Waals surface area contributed by atoms with Crippen LogP contribution in [-0.4, -0.2) is 12.2 Å². The first-order chi connectivity index (χ1) is 12.7. The lowest BCUT2D eigenvalue weighted by Gasteiger charge is -2.16. The van der Waals surface area contributed by atoms with Crippen LogP contribution in [0.3, 0.4) is 0 Å². The molecule has 1 heterocycles. The van der Waals surface area contributed by atoms with E-state index in [-0.39, 0.29) is 17.4 Å². The molecule has 1 amide bonds. The first-order valence-electron chi connectivity index (χ1n) is 8.56. The standard InChI is InChI=1S/C20H20BrF2NO3/c1-4-15(7-5-12(2)13(3)21)24-18(25)19(9-10-19)14-6-8-16-17(11-14)27-20(22,23)26-16/h4-8,11H,9-10H2,1-3H3,(H,24,25)/b7-5-,13-12+,15-4-. The summed E-state index contributed by atoms with van der Waals surface area (Å²) in [6.45, 7) is 5.73. The molecule has 0 aromatic heterocycles. The van der Waals surface area contributed by atoms with Crippen LogP contribution in [-0.2, 0) is 10.2 Å². The van der Waals surface area contributed by atoms with Gasteiger partial charge in [-0.3, -0.25) is 4.79 Å². The number of benzene rings is 1. The molecule has 27 heavy (non-hydrogen) atoms. The van der Waals surface area contributed by atoms with Gasteiger partial charge in [0.05, 0.1) is 5.41 Å². The van der Waals surface area contributed by atoms with Crippen LogP contribution in [0.4, 0.5) is 8.78 Å². The molecular weight excluding hydrogens is 420 g/mol. The highest BCUT2D eigenvalue weighted by atomic mass is 79.9. The van der Waals surface area contributed by atoms with Crippen molar-refractivity contribution >= 4 is 21.8 Å². The fourth-order valence-electron chi connectivity index (χ4n) is 2.81. The van der Waals surface area contributed by atoms with Gasteiger partial charge in [-0.05, 0) is 67.4 Å². The highest BCUT2D eigenvalue weighted by molar-refractivity contribution is 9.11. The number of amides is 1. The summed E-state index contributed by atoms with van der Waals surface area (Å²) in [4.78, 5) is 12.9. The molecule has 0 saturated heterocycles. The quantitative estimate of drug-likeness (QED) is 0.632. The van der Waals surface area contributed by atoms with Gasteiger partial charge in [0.2, 0.25) is 5.91 Å². The van der Waals surface area contributed by atoms with Crippen LogP contribution in [0, 0.1) is 0 Å². The van der Waals surface area contributed by atoms with Gasteiger partial charge in [0.1, 0.15) is 0 Å². The lowest BCUT2D eigenvalue weighted by atomic mass is 9.94. The Morgan fingerprint density at radius 1 is 1.19 bits per heavy atom. The normalized spacial score (nSPS) is 20.4. The third-order valence-electron chi connectivity index (χ3n) is 4.76. The molecule has 1 fully saturated rings. The second kappa shape index (κ2) is 7.11. The van der Waals surface area contributed by atoms with Gasteiger partial charge in [0, 0.05) is 5.70 Å². The number of carbonyl (C=O) groups excluding carboxylic acids is 1. The molecule has 7 heteroatoms. The van der Waals surface area contributed by atoms with Crippen LogP contribution in [0.1, 0.15) is 39.2 Å². The van der Waals surface area contributed by atoms with E-state index in [2.05, 4.69) is 30.7 Å². The van der Waals surface area contributed by atoms with Gasteiger partial charge < -0.3 is 14.8 Å². The molecule has 3 rings (SSSR count). The van der Waals surface area contributed by atoms with Gasteiger partial charge in [0.15, 0.2) is 11.5 Å². The predicted octanol–water partition coefficient (Wildman–Crippen LogP) is 5.30. The van der Waals surface area contributed by atoms with Crippen LogP contribution < -0.4 is 14.8 Å². The number of fused-ring (bicyclic) bond motifs is 1. The minimum absolute atomic E-state index is 0.0237. The van der Waals surface area contributed by atoms with Crippen molar-refractivity contribution in [2.75, 3.05) is 0 Å². The first-order valence-corrected chi connectivity index (χ1v) is 9.35. The summed E-state index contributed by atoms with van der Waals surface area (Å²) in [6, 6.07) is 4.53. The number of ether oxygens (including phenoxy) is 2. The largest absolute Gasteiger partial charge is 0.586 e. The molecule has 1 aliphatic heterocycles. The molecule has 4 nitrogen and oxygen atoms in total. The summed E-state index contributed by atoms with van der Waals surface area (Å²) in [7, 11) is 0. The van der Waals surface area contributed by atoms with Crippen LogP contribution in [0.5, 0.6) is 11.5 Å². The third kappa shape index (κ3) is 4.08. The Morgan fingerprint density at radius 3 is 2.44 bits per heavy atom. The fraction of sp³-hybridized carbons (Fsp3) is 0.350. The number of rotatable bonds is 5.